The van der Waals surface area contributed by atoms with Gasteiger partial charge in [-0.25, -0.2) is 4.79 Å². The Morgan fingerprint density at radius 1 is 1.35 bits per heavy atom. The first-order valence-corrected chi connectivity index (χ1v) is 6.66. The van der Waals surface area contributed by atoms with Crippen molar-refractivity contribution in [3.05, 3.63) is 29.8 Å². The highest BCUT2D eigenvalue weighted by atomic mass is 16.5. The first-order chi connectivity index (χ1) is 9.47. The molecule has 1 N–H and O–H groups in total. The maximum Gasteiger partial charge on any atom is 0.326 e. The molecule has 0 fully saturated rings. The number of carboxylic acids is 1. The molecule has 110 valence electrons. The Balaban J connectivity index is 2.63. The molecule has 1 unspecified atom stereocenters. The number of ether oxygens (including phenoxy) is 1. The number of para-hydroxylation sites is 1. The quantitative estimate of drug-likeness (QED) is 0.828. The van der Waals surface area contributed by atoms with Gasteiger partial charge in [-0.05, 0) is 31.9 Å². The predicted molar refractivity (Wildman–Crippen MR) is 75.8 cm³/mol. The van der Waals surface area contributed by atoms with Crippen LogP contribution in [-0.4, -0.2) is 41.6 Å². The number of carbonyl (C=O) groups excluding carboxylic acids is 1. The molecule has 0 aliphatic carbocycles. The lowest BCUT2D eigenvalue weighted by Crippen LogP contribution is -2.40. The number of nitrogens with zero attached hydrogens (tertiary/aromatic N) is 1. The number of hydrogen-bond donors (Lipinski definition) is 1. The lowest BCUT2D eigenvalue weighted by Gasteiger charge is -2.21. The zero-order chi connectivity index (χ0) is 15.1. The SMILES string of the molecule is CCOc1ccccc1CCC(=O)N(C)C(C)C(=O)O. The minimum atomic E-state index is -1.00. The molecule has 1 atom stereocenters. The number of hydrogen-bond acceptors (Lipinski definition) is 3. The number of aryl methyl sites for hydroxylation is 1. The summed E-state index contributed by atoms with van der Waals surface area (Å²) in [5.41, 5.74) is 0.957. The highest BCUT2D eigenvalue weighted by Crippen LogP contribution is 2.19. The van der Waals surface area contributed by atoms with Crippen LogP contribution in [0.3, 0.4) is 0 Å². The van der Waals surface area contributed by atoms with Crippen LogP contribution < -0.4 is 4.74 Å². The molecule has 0 spiro atoms. The molecule has 0 aliphatic rings. The van der Waals surface area contributed by atoms with E-state index in [2.05, 4.69) is 0 Å². The van der Waals surface area contributed by atoms with Crippen LogP contribution in [0.4, 0.5) is 0 Å². The van der Waals surface area contributed by atoms with E-state index in [1.165, 1.54) is 18.9 Å². The van der Waals surface area contributed by atoms with E-state index < -0.39 is 12.0 Å². The molecule has 20 heavy (non-hydrogen) atoms. The molecule has 1 amide bonds. The van der Waals surface area contributed by atoms with Crippen molar-refractivity contribution in [2.24, 2.45) is 0 Å². The average molecular weight is 279 g/mol. The van der Waals surface area contributed by atoms with Gasteiger partial charge in [-0.2, -0.15) is 0 Å². The van der Waals surface area contributed by atoms with Crippen molar-refractivity contribution < 1.29 is 19.4 Å². The normalized spacial score (nSPS) is 11.8. The second kappa shape index (κ2) is 7.53. The Morgan fingerprint density at radius 2 is 2.00 bits per heavy atom. The summed E-state index contributed by atoms with van der Waals surface area (Å²) in [6.45, 7) is 3.97. The predicted octanol–water partition coefficient (Wildman–Crippen LogP) is 1.95. The second-order valence-corrected chi connectivity index (χ2v) is 4.56. The molecule has 1 rings (SSSR count). The fraction of sp³-hybridized carbons (Fsp3) is 0.467. The molecule has 0 saturated heterocycles. The topological polar surface area (TPSA) is 66.8 Å². The molecule has 0 radical (unpaired) electrons. The first-order valence-electron chi connectivity index (χ1n) is 6.66. The van der Waals surface area contributed by atoms with Crippen LogP contribution in [-0.2, 0) is 16.0 Å². The summed E-state index contributed by atoms with van der Waals surface area (Å²) in [6, 6.07) is 6.75. The highest BCUT2D eigenvalue weighted by Gasteiger charge is 2.21. The third kappa shape index (κ3) is 4.26. The minimum Gasteiger partial charge on any atom is -0.494 e. The zero-order valence-electron chi connectivity index (χ0n) is 12.1. The summed E-state index contributed by atoms with van der Waals surface area (Å²) in [5.74, 6) is -0.418. The molecule has 1 aromatic rings. The zero-order valence-corrected chi connectivity index (χ0v) is 12.1. The molecule has 0 bridgehead atoms. The fourth-order valence-corrected chi connectivity index (χ4v) is 1.81. The van der Waals surface area contributed by atoms with Gasteiger partial charge in [-0.1, -0.05) is 18.2 Å². The smallest absolute Gasteiger partial charge is 0.326 e. The van der Waals surface area contributed by atoms with Gasteiger partial charge in [-0.3, -0.25) is 4.79 Å². The van der Waals surface area contributed by atoms with E-state index in [1.54, 1.807) is 0 Å². The summed E-state index contributed by atoms with van der Waals surface area (Å²) in [7, 11) is 1.51. The van der Waals surface area contributed by atoms with Gasteiger partial charge in [0.25, 0.3) is 0 Å². The van der Waals surface area contributed by atoms with Crippen LogP contribution in [0, 0.1) is 0 Å². The monoisotopic (exact) mass is 279 g/mol. The van der Waals surface area contributed by atoms with Crippen molar-refractivity contribution in [1.82, 2.24) is 4.90 Å². The second-order valence-electron chi connectivity index (χ2n) is 4.56. The number of amides is 1. The molecular formula is C15H21NO4. The van der Waals surface area contributed by atoms with E-state index in [9.17, 15) is 9.59 Å². The molecule has 0 aromatic heterocycles. The standard InChI is InChI=1S/C15H21NO4/c1-4-20-13-8-6-5-7-12(13)9-10-14(17)16(3)11(2)15(18)19/h5-8,11H,4,9-10H2,1-3H3,(H,18,19). The number of likely N-dealkylation sites (N-methyl/N-ethyl adjacent to an activating group) is 1. The van der Waals surface area contributed by atoms with E-state index in [0.717, 1.165) is 11.3 Å². The van der Waals surface area contributed by atoms with Crippen molar-refractivity contribution in [2.45, 2.75) is 32.7 Å². The molecule has 0 saturated carbocycles. The Labute approximate surface area is 119 Å². The van der Waals surface area contributed by atoms with Crippen LogP contribution >= 0.6 is 0 Å². The van der Waals surface area contributed by atoms with Crippen LogP contribution in [0.1, 0.15) is 25.8 Å². The third-order valence-corrected chi connectivity index (χ3v) is 3.21. The summed E-state index contributed by atoms with van der Waals surface area (Å²) in [6.07, 6.45) is 0.796. The van der Waals surface area contributed by atoms with Crippen LogP contribution in [0.5, 0.6) is 5.75 Å². The van der Waals surface area contributed by atoms with E-state index in [1.807, 2.05) is 31.2 Å². The van der Waals surface area contributed by atoms with Crippen LogP contribution in [0.2, 0.25) is 0 Å². The Hall–Kier alpha value is -2.04. The summed E-state index contributed by atoms with van der Waals surface area (Å²) in [4.78, 5) is 24.1. The maximum absolute atomic E-state index is 12.0. The fourth-order valence-electron chi connectivity index (χ4n) is 1.81. The average Bonchev–Trinajstić information content (AvgIpc) is 2.44. The minimum absolute atomic E-state index is 0.189. The third-order valence-electron chi connectivity index (χ3n) is 3.21. The summed E-state index contributed by atoms with van der Waals surface area (Å²) >= 11 is 0. The van der Waals surface area contributed by atoms with Crippen molar-refractivity contribution in [3.63, 3.8) is 0 Å². The molecular weight excluding hydrogens is 258 g/mol. The molecule has 0 heterocycles. The van der Waals surface area contributed by atoms with Gasteiger partial charge in [0.15, 0.2) is 0 Å². The van der Waals surface area contributed by atoms with E-state index in [4.69, 9.17) is 9.84 Å². The Bertz CT molecular complexity index is 473. The van der Waals surface area contributed by atoms with Crippen LogP contribution in [0.25, 0.3) is 0 Å². The molecule has 5 nitrogen and oxygen atoms in total. The number of rotatable bonds is 7. The number of aliphatic carboxylic acids is 1. The van der Waals surface area contributed by atoms with Gasteiger partial charge in [0.1, 0.15) is 11.8 Å². The molecule has 5 heteroatoms. The lowest BCUT2D eigenvalue weighted by atomic mass is 10.1. The number of carbonyl (C=O) groups is 2. The highest BCUT2D eigenvalue weighted by molar-refractivity contribution is 5.83. The van der Waals surface area contributed by atoms with Crippen molar-refractivity contribution in [2.75, 3.05) is 13.7 Å². The first kappa shape index (κ1) is 16.0. The lowest BCUT2D eigenvalue weighted by molar-refractivity contribution is -0.148. The van der Waals surface area contributed by atoms with Gasteiger partial charge < -0.3 is 14.7 Å². The van der Waals surface area contributed by atoms with Gasteiger partial charge in [-0.15, -0.1) is 0 Å². The molecule has 0 aliphatic heterocycles. The van der Waals surface area contributed by atoms with E-state index >= 15 is 0 Å². The van der Waals surface area contributed by atoms with Crippen molar-refractivity contribution >= 4 is 11.9 Å². The number of carboxylic acid groups (broad SMARTS) is 1. The van der Waals surface area contributed by atoms with Crippen LogP contribution in [0.15, 0.2) is 24.3 Å². The summed E-state index contributed by atoms with van der Waals surface area (Å²) < 4.78 is 5.50. The van der Waals surface area contributed by atoms with Gasteiger partial charge >= 0.3 is 5.97 Å². The number of benzene rings is 1. The Morgan fingerprint density at radius 3 is 2.60 bits per heavy atom. The van der Waals surface area contributed by atoms with Crippen molar-refractivity contribution in [3.8, 4) is 5.75 Å². The largest absolute Gasteiger partial charge is 0.494 e. The Kier molecular flexibility index (Phi) is 6.03. The summed E-state index contributed by atoms with van der Waals surface area (Å²) in [5, 5.41) is 8.89. The van der Waals surface area contributed by atoms with Gasteiger partial charge in [0, 0.05) is 13.5 Å². The van der Waals surface area contributed by atoms with Gasteiger partial charge in [0.2, 0.25) is 5.91 Å². The van der Waals surface area contributed by atoms with E-state index in [-0.39, 0.29) is 12.3 Å². The van der Waals surface area contributed by atoms with E-state index in [0.29, 0.717) is 13.0 Å². The van der Waals surface area contributed by atoms with Crippen molar-refractivity contribution in [1.29, 1.82) is 0 Å². The maximum atomic E-state index is 12.0. The molecule has 1 aromatic carbocycles. The van der Waals surface area contributed by atoms with Gasteiger partial charge in [0.05, 0.1) is 6.61 Å².